The van der Waals surface area contributed by atoms with Crippen LogP contribution in [0.15, 0.2) is 36.4 Å². The van der Waals surface area contributed by atoms with Gasteiger partial charge in [0, 0.05) is 19.5 Å². The lowest BCUT2D eigenvalue weighted by atomic mass is 9.99. The van der Waals surface area contributed by atoms with E-state index in [2.05, 4.69) is 30.3 Å². The first-order valence-electron chi connectivity index (χ1n) is 6.93. The van der Waals surface area contributed by atoms with Crippen molar-refractivity contribution in [3.05, 3.63) is 42.0 Å². The zero-order chi connectivity index (χ0) is 13.7. The van der Waals surface area contributed by atoms with Gasteiger partial charge in [-0.1, -0.05) is 43.3 Å². The van der Waals surface area contributed by atoms with E-state index in [0.717, 1.165) is 19.5 Å². The third kappa shape index (κ3) is 3.67. The molecule has 0 fully saturated rings. The molecule has 0 bridgehead atoms. The molecule has 1 aromatic carbocycles. The number of benzene rings is 1. The van der Waals surface area contributed by atoms with Gasteiger partial charge < -0.3 is 10.6 Å². The van der Waals surface area contributed by atoms with Gasteiger partial charge >= 0.3 is 0 Å². The number of nitrogens with zero attached hydrogens (tertiary/aromatic N) is 1. The van der Waals surface area contributed by atoms with Crippen molar-refractivity contribution in [2.45, 2.75) is 19.8 Å². The minimum atomic E-state index is 0.223. The molecule has 2 N–H and O–H groups in total. The number of carbonyl (C=O) groups excluding carboxylic acids is 1. The monoisotopic (exact) mass is 258 g/mol. The van der Waals surface area contributed by atoms with Gasteiger partial charge in [-0.05, 0) is 30.0 Å². The second-order valence-corrected chi connectivity index (χ2v) is 5.23. The Hall–Kier alpha value is -1.61. The molecule has 0 aromatic heterocycles. The standard InChI is InChI=1S/C16H22N2O/c1-13(12-17)11-16(19)18-9-7-15(8-10-18)14-5-3-2-4-6-14/h2-7,13H,8-12,17H2,1H3. The van der Waals surface area contributed by atoms with Crippen molar-refractivity contribution in [3.8, 4) is 0 Å². The zero-order valence-corrected chi connectivity index (χ0v) is 11.5. The lowest BCUT2D eigenvalue weighted by molar-refractivity contribution is -0.131. The summed E-state index contributed by atoms with van der Waals surface area (Å²) in [7, 11) is 0. The number of amides is 1. The molecule has 2 rings (SSSR count). The summed E-state index contributed by atoms with van der Waals surface area (Å²) >= 11 is 0. The second-order valence-electron chi connectivity index (χ2n) is 5.23. The average molecular weight is 258 g/mol. The molecule has 3 heteroatoms. The fraction of sp³-hybridized carbons (Fsp3) is 0.438. The molecule has 0 radical (unpaired) electrons. The van der Waals surface area contributed by atoms with Crippen molar-refractivity contribution in [1.29, 1.82) is 0 Å². The molecular weight excluding hydrogens is 236 g/mol. The zero-order valence-electron chi connectivity index (χ0n) is 11.5. The summed E-state index contributed by atoms with van der Waals surface area (Å²) in [6.45, 7) is 4.13. The highest BCUT2D eigenvalue weighted by molar-refractivity contribution is 5.78. The Balaban J connectivity index is 1.94. The Morgan fingerprint density at radius 3 is 2.68 bits per heavy atom. The highest BCUT2D eigenvalue weighted by atomic mass is 16.2. The molecule has 1 atom stereocenters. The van der Waals surface area contributed by atoms with Crippen molar-refractivity contribution < 1.29 is 4.79 Å². The molecule has 1 amide bonds. The first-order valence-corrected chi connectivity index (χ1v) is 6.93. The molecule has 1 unspecified atom stereocenters. The highest BCUT2D eigenvalue weighted by Crippen LogP contribution is 2.22. The first kappa shape index (κ1) is 13.8. The lowest BCUT2D eigenvalue weighted by Gasteiger charge is -2.27. The Kier molecular flexibility index (Phi) is 4.74. The molecule has 3 nitrogen and oxygen atoms in total. The minimum Gasteiger partial charge on any atom is -0.339 e. The summed E-state index contributed by atoms with van der Waals surface area (Å²) in [5.41, 5.74) is 8.18. The smallest absolute Gasteiger partial charge is 0.223 e. The van der Waals surface area contributed by atoms with Crippen LogP contribution in [0.25, 0.3) is 5.57 Å². The van der Waals surface area contributed by atoms with Gasteiger partial charge in [-0.2, -0.15) is 0 Å². The fourth-order valence-corrected chi connectivity index (χ4v) is 2.32. The van der Waals surface area contributed by atoms with Gasteiger partial charge in [0.25, 0.3) is 0 Å². The summed E-state index contributed by atoms with van der Waals surface area (Å²) < 4.78 is 0. The average Bonchev–Trinajstić information content (AvgIpc) is 2.48. The van der Waals surface area contributed by atoms with E-state index in [4.69, 9.17) is 5.73 Å². The van der Waals surface area contributed by atoms with Gasteiger partial charge in [0.15, 0.2) is 0 Å². The van der Waals surface area contributed by atoms with E-state index in [1.54, 1.807) is 0 Å². The van der Waals surface area contributed by atoms with E-state index >= 15 is 0 Å². The number of rotatable bonds is 4. The van der Waals surface area contributed by atoms with Gasteiger partial charge in [0.1, 0.15) is 0 Å². The Bertz CT molecular complexity index is 453. The second kappa shape index (κ2) is 6.53. The van der Waals surface area contributed by atoms with Gasteiger partial charge in [-0.25, -0.2) is 0 Å². The predicted molar refractivity (Wildman–Crippen MR) is 78.5 cm³/mol. The van der Waals surface area contributed by atoms with Crippen LogP contribution in [0.4, 0.5) is 0 Å². The van der Waals surface area contributed by atoms with Crippen molar-refractivity contribution in [2.24, 2.45) is 11.7 Å². The van der Waals surface area contributed by atoms with E-state index in [0.29, 0.717) is 13.0 Å². The van der Waals surface area contributed by atoms with Crippen LogP contribution in [0.5, 0.6) is 0 Å². The Morgan fingerprint density at radius 1 is 1.37 bits per heavy atom. The largest absolute Gasteiger partial charge is 0.339 e. The van der Waals surface area contributed by atoms with Crippen molar-refractivity contribution >= 4 is 11.5 Å². The van der Waals surface area contributed by atoms with Crippen molar-refractivity contribution in [3.63, 3.8) is 0 Å². The number of nitrogens with two attached hydrogens (primary N) is 1. The quantitative estimate of drug-likeness (QED) is 0.900. The van der Waals surface area contributed by atoms with Gasteiger partial charge in [-0.3, -0.25) is 4.79 Å². The molecule has 1 aromatic rings. The van der Waals surface area contributed by atoms with Crippen LogP contribution in [0.3, 0.4) is 0 Å². The Morgan fingerprint density at radius 2 is 2.11 bits per heavy atom. The van der Waals surface area contributed by atoms with Crippen molar-refractivity contribution in [1.82, 2.24) is 4.90 Å². The van der Waals surface area contributed by atoms with Crippen LogP contribution in [0.1, 0.15) is 25.3 Å². The maximum atomic E-state index is 12.1. The third-order valence-electron chi connectivity index (χ3n) is 3.63. The molecule has 0 spiro atoms. The highest BCUT2D eigenvalue weighted by Gasteiger charge is 2.19. The summed E-state index contributed by atoms with van der Waals surface area (Å²) in [6.07, 6.45) is 3.67. The van der Waals surface area contributed by atoms with E-state index in [9.17, 15) is 4.79 Å². The summed E-state index contributed by atoms with van der Waals surface area (Å²) in [5.74, 6) is 0.494. The van der Waals surface area contributed by atoms with Gasteiger partial charge in [-0.15, -0.1) is 0 Å². The van der Waals surface area contributed by atoms with E-state index in [1.807, 2.05) is 17.9 Å². The van der Waals surface area contributed by atoms with Crippen LogP contribution in [0.2, 0.25) is 0 Å². The predicted octanol–water partition coefficient (Wildman–Crippen LogP) is 2.29. The van der Waals surface area contributed by atoms with Crippen LogP contribution in [-0.4, -0.2) is 30.4 Å². The van der Waals surface area contributed by atoms with Crippen LogP contribution in [-0.2, 0) is 4.79 Å². The van der Waals surface area contributed by atoms with E-state index in [-0.39, 0.29) is 11.8 Å². The van der Waals surface area contributed by atoms with E-state index in [1.165, 1.54) is 11.1 Å². The topological polar surface area (TPSA) is 46.3 Å². The molecule has 0 aliphatic carbocycles. The summed E-state index contributed by atoms with van der Waals surface area (Å²) in [6, 6.07) is 10.4. The van der Waals surface area contributed by atoms with Gasteiger partial charge in [0.2, 0.25) is 5.91 Å². The Labute approximate surface area is 115 Å². The summed E-state index contributed by atoms with van der Waals surface area (Å²) in [4.78, 5) is 14.0. The molecule has 1 aliphatic heterocycles. The maximum absolute atomic E-state index is 12.1. The molecule has 19 heavy (non-hydrogen) atoms. The number of carbonyl (C=O) groups is 1. The maximum Gasteiger partial charge on any atom is 0.223 e. The van der Waals surface area contributed by atoms with Crippen molar-refractivity contribution in [2.75, 3.05) is 19.6 Å². The third-order valence-corrected chi connectivity index (χ3v) is 3.63. The minimum absolute atomic E-state index is 0.223. The first-order chi connectivity index (χ1) is 9.20. The fourth-order valence-electron chi connectivity index (χ4n) is 2.32. The van der Waals surface area contributed by atoms with Crippen LogP contribution in [0, 0.1) is 5.92 Å². The molecule has 0 saturated heterocycles. The molecule has 0 saturated carbocycles. The molecule has 102 valence electrons. The lowest BCUT2D eigenvalue weighted by Crippen LogP contribution is -2.36. The van der Waals surface area contributed by atoms with Crippen LogP contribution < -0.4 is 5.73 Å². The molecule has 1 aliphatic rings. The summed E-state index contributed by atoms with van der Waals surface area (Å²) in [5, 5.41) is 0. The normalized spacial score (nSPS) is 16.9. The number of hydrogen-bond acceptors (Lipinski definition) is 2. The molecule has 1 heterocycles. The van der Waals surface area contributed by atoms with Gasteiger partial charge in [0.05, 0.1) is 0 Å². The SMILES string of the molecule is CC(CN)CC(=O)N1CC=C(c2ccccc2)CC1. The molecular formula is C16H22N2O. The van der Waals surface area contributed by atoms with Crippen LogP contribution >= 0.6 is 0 Å². The van der Waals surface area contributed by atoms with E-state index < -0.39 is 0 Å². The number of hydrogen-bond donors (Lipinski definition) is 1.